The zero-order valence-corrected chi connectivity index (χ0v) is 20.3. The normalized spacial score (nSPS) is 27.2. The number of amides is 1. The number of nitrogens with one attached hydrogen (secondary N) is 2. The minimum atomic E-state index is 0. The van der Waals surface area contributed by atoms with Gasteiger partial charge in [-0.15, -0.1) is 24.0 Å². The van der Waals surface area contributed by atoms with Crippen LogP contribution in [0.15, 0.2) is 4.99 Å². The number of aliphatic imine (C=N–C) groups is 1. The molecular weight excluding hydrogens is 485 g/mol. The lowest BCUT2D eigenvalue weighted by Crippen LogP contribution is -2.63. The molecule has 168 valence electrons. The molecule has 1 unspecified atom stereocenters. The maximum absolute atomic E-state index is 11.9. The van der Waals surface area contributed by atoms with Crippen molar-refractivity contribution in [2.45, 2.75) is 12.5 Å². The summed E-state index contributed by atoms with van der Waals surface area (Å²) >= 11 is 0. The third-order valence-corrected chi connectivity index (χ3v) is 5.82. The van der Waals surface area contributed by atoms with Crippen LogP contribution in [-0.4, -0.2) is 137 Å². The molecule has 4 aliphatic rings. The molecule has 4 heterocycles. The van der Waals surface area contributed by atoms with Crippen LogP contribution in [0.1, 0.15) is 6.42 Å². The average Bonchev–Trinajstić information content (AvgIpc) is 2.73. The predicted molar refractivity (Wildman–Crippen MR) is 126 cm³/mol. The van der Waals surface area contributed by atoms with Crippen LogP contribution < -0.4 is 10.6 Å². The molecule has 0 saturated carbocycles. The second-order valence-corrected chi connectivity index (χ2v) is 8.06. The number of hydrogen-bond donors (Lipinski definition) is 2. The highest BCUT2D eigenvalue weighted by atomic mass is 127. The van der Waals surface area contributed by atoms with Gasteiger partial charge in [-0.3, -0.25) is 19.5 Å². The van der Waals surface area contributed by atoms with Gasteiger partial charge in [-0.1, -0.05) is 0 Å². The molecule has 4 saturated heterocycles. The molecule has 0 radical (unpaired) electrons. The van der Waals surface area contributed by atoms with Crippen LogP contribution in [0.5, 0.6) is 0 Å². The van der Waals surface area contributed by atoms with Gasteiger partial charge in [0.05, 0.1) is 13.2 Å². The largest absolute Gasteiger partial charge is 0.379 e. The number of nitrogens with zero attached hydrogens (tertiary/aromatic N) is 5. The zero-order valence-electron chi connectivity index (χ0n) is 17.9. The number of ether oxygens (including phenoxy) is 1. The van der Waals surface area contributed by atoms with E-state index in [4.69, 9.17) is 4.74 Å². The number of carbonyl (C=O) groups excluding carboxylic acids is 1. The fraction of sp³-hybridized carbons (Fsp3) is 0.895. The van der Waals surface area contributed by atoms with Gasteiger partial charge in [-0.25, -0.2) is 4.99 Å². The summed E-state index contributed by atoms with van der Waals surface area (Å²) in [5.74, 6) is 0.760. The molecule has 2 N–H and O–H groups in total. The number of likely N-dealkylation sites (N-methyl/N-ethyl adjacent to an activating group) is 1. The lowest BCUT2D eigenvalue weighted by atomic mass is 10.1. The highest BCUT2D eigenvalue weighted by Crippen LogP contribution is 2.14. The Morgan fingerprint density at radius 3 is 2.45 bits per heavy atom. The molecule has 2 bridgehead atoms. The zero-order chi connectivity index (χ0) is 19.8. The molecule has 4 aliphatic heterocycles. The van der Waals surface area contributed by atoms with E-state index in [0.29, 0.717) is 6.04 Å². The lowest BCUT2D eigenvalue weighted by molar-refractivity contribution is -0.127. The minimum Gasteiger partial charge on any atom is -0.379 e. The van der Waals surface area contributed by atoms with Crippen LogP contribution in [0.25, 0.3) is 0 Å². The minimum absolute atomic E-state index is 0. The monoisotopic (exact) mass is 523 g/mol. The van der Waals surface area contributed by atoms with Crippen molar-refractivity contribution in [3.05, 3.63) is 0 Å². The number of rotatable bonds is 8. The summed E-state index contributed by atoms with van der Waals surface area (Å²) in [5, 5.41) is 6.89. The summed E-state index contributed by atoms with van der Waals surface area (Å²) in [4.78, 5) is 25.6. The van der Waals surface area contributed by atoms with Crippen molar-refractivity contribution >= 4 is 35.8 Å². The Kier molecular flexibility index (Phi) is 10.9. The number of hydrogen-bond acceptors (Lipinski definition) is 6. The SMILES string of the molecule is CN(C)C(=O)CN=C(NCCCN1CCOCC1)NCC1CN2CCN1CC2.I. The smallest absolute Gasteiger partial charge is 0.243 e. The molecule has 4 rings (SSSR count). The van der Waals surface area contributed by atoms with E-state index >= 15 is 0 Å². The topological polar surface area (TPSA) is 75.7 Å². The van der Waals surface area contributed by atoms with Gasteiger partial charge in [0.2, 0.25) is 5.91 Å². The van der Waals surface area contributed by atoms with Crippen LogP contribution in [0.3, 0.4) is 0 Å². The van der Waals surface area contributed by atoms with Crippen molar-refractivity contribution in [2.75, 3.05) is 99.3 Å². The maximum Gasteiger partial charge on any atom is 0.243 e. The number of carbonyl (C=O) groups is 1. The van der Waals surface area contributed by atoms with E-state index in [-0.39, 0.29) is 36.4 Å². The summed E-state index contributed by atoms with van der Waals surface area (Å²) in [6, 6.07) is 0.521. The second-order valence-electron chi connectivity index (χ2n) is 8.06. The maximum atomic E-state index is 11.9. The molecule has 9 nitrogen and oxygen atoms in total. The third-order valence-electron chi connectivity index (χ3n) is 5.82. The molecule has 0 aromatic heterocycles. The lowest BCUT2D eigenvalue weighted by Gasteiger charge is -2.47. The average molecular weight is 523 g/mol. The van der Waals surface area contributed by atoms with Gasteiger partial charge in [0.15, 0.2) is 5.96 Å². The summed E-state index contributed by atoms with van der Waals surface area (Å²) in [5.41, 5.74) is 0. The first-order valence-corrected chi connectivity index (χ1v) is 10.6. The molecule has 0 aliphatic carbocycles. The van der Waals surface area contributed by atoms with Crippen molar-refractivity contribution in [3.63, 3.8) is 0 Å². The Morgan fingerprint density at radius 2 is 1.83 bits per heavy atom. The fourth-order valence-electron chi connectivity index (χ4n) is 3.93. The molecule has 0 spiro atoms. The van der Waals surface area contributed by atoms with E-state index in [1.54, 1.807) is 19.0 Å². The van der Waals surface area contributed by atoms with E-state index in [1.165, 1.54) is 13.1 Å². The fourth-order valence-corrected chi connectivity index (χ4v) is 3.93. The molecule has 1 atom stereocenters. The first-order valence-electron chi connectivity index (χ1n) is 10.6. The first-order chi connectivity index (χ1) is 13.6. The summed E-state index contributed by atoms with van der Waals surface area (Å²) < 4.78 is 5.40. The Labute approximate surface area is 192 Å². The van der Waals surface area contributed by atoms with Crippen molar-refractivity contribution in [1.82, 2.24) is 30.2 Å². The summed E-state index contributed by atoms with van der Waals surface area (Å²) in [7, 11) is 3.53. The van der Waals surface area contributed by atoms with Gasteiger partial charge in [0, 0.05) is 79.0 Å². The van der Waals surface area contributed by atoms with E-state index < -0.39 is 0 Å². The summed E-state index contributed by atoms with van der Waals surface area (Å²) in [6.07, 6.45) is 1.05. The number of piperazine rings is 3. The Hall–Kier alpha value is -0.690. The van der Waals surface area contributed by atoms with Crippen LogP contribution in [-0.2, 0) is 9.53 Å². The van der Waals surface area contributed by atoms with Gasteiger partial charge in [-0.05, 0) is 13.0 Å². The quantitative estimate of drug-likeness (QED) is 0.182. The first kappa shape index (κ1) is 24.6. The van der Waals surface area contributed by atoms with E-state index in [1.807, 2.05) is 0 Å². The number of fused-ring (bicyclic) bond motifs is 3. The molecule has 10 heteroatoms. The van der Waals surface area contributed by atoms with Gasteiger partial charge >= 0.3 is 0 Å². The number of morpholine rings is 1. The van der Waals surface area contributed by atoms with Crippen molar-refractivity contribution in [1.29, 1.82) is 0 Å². The van der Waals surface area contributed by atoms with Gasteiger partial charge in [0.1, 0.15) is 6.54 Å². The van der Waals surface area contributed by atoms with E-state index in [9.17, 15) is 4.79 Å². The van der Waals surface area contributed by atoms with Crippen molar-refractivity contribution in [2.24, 2.45) is 4.99 Å². The molecule has 1 amide bonds. The molecule has 29 heavy (non-hydrogen) atoms. The standard InChI is InChI=1S/C19H37N7O2.HI/c1-23(2)18(27)15-22-19(20-4-3-5-24-10-12-28-13-11-24)21-14-17-16-25-6-8-26(17)9-7-25;/h17H,3-16H2,1-2H3,(H2,20,21,22);1H. The van der Waals surface area contributed by atoms with Gasteiger partial charge < -0.3 is 20.3 Å². The Bertz CT molecular complexity index is 521. The highest BCUT2D eigenvalue weighted by Gasteiger charge is 2.31. The van der Waals surface area contributed by atoms with Gasteiger partial charge in [-0.2, -0.15) is 0 Å². The highest BCUT2D eigenvalue weighted by molar-refractivity contribution is 14.0. The number of guanidine groups is 1. The van der Waals surface area contributed by atoms with Crippen LogP contribution in [0, 0.1) is 0 Å². The van der Waals surface area contributed by atoms with Crippen molar-refractivity contribution < 1.29 is 9.53 Å². The molecule has 4 fully saturated rings. The molecular formula is C19H38IN7O2. The number of halogens is 1. The Morgan fingerprint density at radius 1 is 1.10 bits per heavy atom. The van der Waals surface area contributed by atoms with Crippen LogP contribution >= 0.6 is 24.0 Å². The Balaban J connectivity index is 0.00000300. The summed E-state index contributed by atoms with van der Waals surface area (Å²) in [6.45, 7) is 12.5. The molecule has 0 aromatic rings. The third kappa shape index (κ3) is 8.16. The van der Waals surface area contributed by atoms with Crippen LogP contribution in [0.2, 0.25) is 0 Å². The van der Waals surface area contributed by atoms with Crippen molar-refractivity contribution in [3.8, 4) is 0 Å². The molecule has 0 aromatic carbocycles. The second kappa shape index (κ2) is 12.9. The van der Waals surface area contributed by atoms with Gasteiger partial charge in [0.25, 0.3) is 0 Å². The predicted octanol–water partition coefficient (Wildman–Crippen LogP) is -1.05. The van der Waals surface area contributed by atoms with E-state index in [2.05, 4.69) is 30.3 Å². The van der Waals surface area contributed by atoms with E-state index in [0.717, 1.165) is 78.0 Å². The van der Waals surface area contributed by atoms with Crippen LogP contribution in [0.4, 0.5) is 0 Å².